The van der Waals surface area contributed by atoms with Crippen LogP contribution in [0.3, 0.4) is 0 Å². The van der Waals surface area contributed by atoms with Crippen molar-refractivity contribution in [2.75, 3.05) is 31.1 Å². The summed E-state index contributed by atoms with van der Waals surface area (Å²) in [6, 6.07) is 5.86. The third-order valence-electron chi connectivity index (χ3n) is 5.19. The summed E-state index contributed by atoms with van der Waals surface area (Å²) in [5, 5.41) is 3.35. The lowest BCUT2D eigenvalue weighted by atomic mass is 10.0. The first-order valence-electron chi connectivity index (χ1n) is 8.85. The number of nitrogens with two attached hydrogens (primary N) is 1. The van der Waals surface area contributed by atoms with Crippen LogP contribution in [0.25, 0.3) is 31.8 Å². The maximum absolute atomic E-state index is 13.9. The first-order chi connectivity index (χ1) is 13.5. The minimum absolute atomic E-state index is 0.250. The fourth-order valence-electron chi connectivity index (χ4n) is 3.79. The number of fused-ring (bicyclic) bond motifs is 6. The summed E-state index contributed by atoms with van der Waals surface area (Å²) in [5.74, 6) is -0.394. The summed E-state index contributed by atoms with van der Waals surface area (Å²) >= 11 is 1.50. The van der Waals surface area contributed by atoms with E-state index in [4.69, 9.17) is 10.7 Å². The van der Waals surface area contributed by atoms with Gasteiger partial charge in [0.25, 0.3) is 5.56 Å². The number of amides is 2. The highest BCUT2D eigenvalue weighted by atomic mass is 32.1. The zero-order chi connectivity index (χ0) is 19.4. The molecule has 2 aromatic heterocycles. The smallest absolute Gasteiger partial charge is 0.314 e. The lowest BCUT2D eigenvalue weighted by Gasteiger charge is -2.33. The molecule has 0 bridgehead atoms. The van der Waals surface area contributed by atoms with Gasteiger partial charge in [0.05, 0.1) is 15.6 Å². The van der Waals surface area contributed by atoms with E-state index in [2.05, 4.69) is 9.88 Å². The quantitative estimate of drug-likeness (QED) is 0.483. The topological polar surface area (TPSA) is 95.3 Å². The van der Waals surface area contributed by atoms with Crippen LogP contribution in [0.4, 0.5) is 14.3 Å². The zero-order valence-electron chi connectivity index (χ0n) is 14.7. The Morgan fingerprint density at radius 2 is 1.93 bits per heavy atom. The van der Waals surface area contributed by atoms with E-state index in [1.165, 1.54) is 23.5 Å². The van der Waals surface area contributed by atoms with Crippen molar-refractivity contribution >= 4 is 54.3 Å². The second kappa shape index (κ2) is 6.16. The molecular weight excluding hydrogens is 381 g/mol. The number of anilines is 1. The fraction of sp³-hybridized carbons (Fsp3) is 0.211. The Morgan fingerprint density at radius 1 is 1.14 bits per heavy atom. The molecule has 9 heteroatoms. The Hall–Kier alpha value is -3.20. The summed E-state index contributed by atoms with van der Waals surface area (Å²) in [7, 11) is 0. The molecule has 0 aliphatic carbocycles. The van der Waals surface area contributed by atoms with Gasteiger partial charge in [-0.15, -0.1) is 0 Å². The predicted octanol–water partition coefficient (Wildman–Crippen LogP) is 2.63. The van der Waals surface area contributed by atoms with Crippen LogP contribution in [0.15, 0.2) is 35.3 Å². The fourth-order valence-corrected chi connectivity index (χ4v) is 4.96. The second-order valence-electron chi connectivity index (χ2n) is 6.77. The monoisotopic (exact) mass is 397 g/mol. The number of nitrogens with zero attached hydrogens (tertiary/aromatic N) is 3. The molecule has 0 saturated carbocycles. The van der Waals surface area contributed by atoms with Crippen molar-refractivity contribution in [2.24, 2.45) is 5.73 Å². The standard InChI is InChI=1S/C19H16FN5O2S/c20-10-1-2-11-13(9-10)14-12(3-4-22-17(14)26)16-15(11)23-19(28-16)25-7-5-24(6-8-25)18(21)27/h1-4,9H,5-8H2,(H2,21,27)(H,22,26). The molecule has 142 valence electrons. The van der Waals surface area contributed by atoms with E-state index >= 15 is 0 Å². The van der Waals surface area contributed by atoms with Crippen LogP contribution in [0.2, 0.25) is 0 Å². The number of thiazole rings is 1. The summed E-state index contributed by atoms with van der Waals surface area (Å²) in [4.78, 5) is 35.1. The van der Waals surface area contributed by atoms with E-state index in [1.54, 1.807) is 17.2 Å². The number of carbonyl (C=O) groups excluding carboxylic acids is 1. The molecule has 0 atom stereocenters. The normalized spacial score (nSPS) is 15.0. The van der Waals surface area contributed by atoms with Crippen molar-refractivity contribution in [1.82, 2.24) is 14.9 Å². The molecule has 28 heavy (non-hydrogen) atoms. The molecule has 3 heterocycles. The molecule has 3 N–H and O–H groups in total. The van der Waals surface area contributed by atoms with Crippen molar-refractivity contribution in [3.05, 3.63) is 46.6 Å². The number of aromatic nitrogens is 2. The summed E-state index contributed by atoms with van der Waals surface area (Å²) in [6.45, 7) is 2.34. The van der Waals surface area contributed by atoms with Crippen molar-refractivity contribution in [1.29, 1.82) is 0 Å². The van der Waals surface area contributed by atoms with Crippen LogP contribution in [-0.2, 0) is 0 Å². The maximum atomic E-state index is 13.9. The summed E-state index contributed by atoms with van der Waals surface area (Å²) in [5.41, 5.74) is 5.86. The van der Waals surface area contributed by atoms with E-state index in [1.807, 2.05) is 6.07 Å². The molecule has 2 amide bonds. The number of nitrogens with one attached hydrogen (secondary N) is 1. The number of rotatable bonds is 1. The average molecular weight is 397 g/mol. The molecule has 1 fully saturated rings. The molecule has 1 aliphatic heterocycles. The van der Waals surface area contributed by atoms with Gasteiger partial charge in [-0.2, -0.15) is 0 Å². The van der Waals surface area contributed by atoms with Crippen LogP contribution >= 0.6 is 11.3 Å². The van der Waals surface area contributed by atoms with Gasteiger partial charge >= 0.3 is 6.03 Å². The van der Waals surface area contributed by atoms with Crippen LogP contribution in [0.5, 0.6) is 0 Å². The molecule has 1 saturated heterocycles. The number of hydrogen-bond donors (Lipinski definition) is 2. The first-order valence-corrected chi connectivity index (χ1v) is 9.67. The Labute approximate surface area is 162 Å². The van der Waals surface area contributed by atoms with Gasteiger partial charge in [-0.05, 0) is 24.3 Å². The number of hydrogen-bond acceptors (Lipinski definition) is 5. The molecule has 4 aromatic rings. The summed E-state index contributed by atoms with van der Waals surface area (Å²) < 4.78 is 14.8. The van der Waals surface area contributed by atoms with Crippen LogP contribution in [0, 0.1) is 5.82 Å². The van der Waals surface area contributed by atoms with Crippen LogP contribution < -0.4 is 16.2 Å². The lowest BCUT2D eigenvalue weighted by Crippen LogP contribution is -2.50. The maximum Gasteiger partial charge on any atom is 0.314 e. The number of benzene rings is 2. The number of H-pyrrole nitrogens is 1. The van der Waals surface area contributed by atoms with Gasteiger partial charge in [0.15, 0.2) is 5.13 Å². The summed E-state index contributed by atoms with van der Waals surface area (Å²) in [6.07, 6.45) is 1.60. The SMILES string of the molecule is NC(=O)N1CCN(c2nc3c4ccc(F)cc4c4c(=O)[nH]ccc4c3s2)CC1. The Balaban J connectivity index is 1.73. The van der Waals surface area contributed by atoms with Gasteiger partial charge in [-0.25, -0.2) is 14.2 Å². The minimum Gasteiger partial charge on any atom is -0.351 e. The number of piperazine rings is 1. The highest BCUT2D eigenvalue weighted by Crippen LogP contribution is 2.39. The molecule has 2 aromatic carbocycles. The predicted molar refractivity (Wildman–Crippen MR) is 109 cm³/mol. The van der Waals surface area contributed by atoms with Gasteiger partial charge in [-0.3, -0.25) is 4.79 Å². The van der Waals surface area contributed by atoms with E-state index in [0.717, 1.165) is 26.1 Å². The molecule has 0 spiro atoms. The number of urea groups is 1. The third kappa shape index (κ3) is 2.50. The minimum atomic E-state index is -0.415. The van der Waals surface area contributed by atoms with E-state index in [-0.39, 0.29) is 5.56 Å². The van der Waals surface area contributed by atoms with Crippen LogP contribution in [-0.4, -0.2) is 47.1 Å². The highest BCUT2D eigenvalue weighted by molar-refractivity contribution is 7.23. The Kier molecular flexibility index (Phi) is 3.73. The number of pyridine rings is 1. The molecule has 5 rings (SSSR count). The van der Waals surface area contributed by atoms with E-state index in [0.29, 0.717) is 37.0 Å². The van der Waals surface area contributed by atoms with E-state index in [9.17, 15) is 14.0 Å². The molecule has 0 unspecified atom stereocenters. The van der Waals surface area contributed by atoms with Crippen molar-refractivity contribution in [3.63, 3.8) is 0 Å². The third-order valence-corrected chi connectivity index (χ3v) is 6.34. The zero-order valence-corrected chi connectivity index (χ0v) is 15.6. The molecule has 0 radical (unpaired) electrons. The molecular formula is C19H16FN5O2S. The molecule has 1 aliphatic rings. The van der Waals surface area contributed by atoms with E-state index < -0.39 is 11.8 Å². The number of aromatic amines is 1. The second-order valence-corrected chi connectivity index (χ2v) is 7.75. The number of primary amides is 1. The van der Waals surface area contributed by atoms with Crippen molar-refractivity contribution < 1.29 is 9.18 Å². The van der Waals surface area contributed by atoms with Gasteiger partial charge in [0, 0.05) is 48.5 Å². The average Bonchev–Trinajstić information content (AvgIpc) is 3.13. The number of halogens is 1. The highest BCUT2D eigenvalue weighted by Gasteiger charge is 2.23. The Bertz CT molecular complexity index is 1310. The lowest BCUT2D eigenvalue weighted by molar-refractivity contribution is 0.204. The van der Waals surface area contributed by atoms with Crippen LogP contribution in [0.1, 0.15) is 0 Å². The number of carbonyl (C=O) groups is 1. The van der Waals surface area contributed by atoms with Gasteiger partial charge in [-0.1, -0.05) is 11.3 Å². The van der Waals surface area contributed by atoms with Crippen molar-refractivity contribution in [3.8, 4) is 0 Å². The largest absolute Gasteiger partial charge is 0.351 e. The van der Waals surface area contributed by atoms with Crippen molar-refractivity contribution in [2.45, 2.75) is 0 Å². The van der Waals surface area contributed by atoms with Gasteiger partial charge < -0.3 is 20.5 Å². The van der Waals surface area contributed by atoms with Gasteiger partial charge in [0.2, 0.25) is 0 Å². The van der Waals surface area contributed by atoms with Gasteiger partial charge in [0.1, 0.15) is 5.82 Å². The first kappa shape index (κ1) is 16.9. The molecule has 7 nitrogen and oxygen atoms in total. The Morgan fingerprint density at radius 3 is 2.68 bits per heavy atom.